The van der Waals surface area contributed by atoms with Gasteiger partial charge in [-0.15, -0.1) is 0 Å². The van der Waals surface area contributed by atoms with Crippen LogP contribution in [0.3, 0.4) is 0 Å². The molecule has 156 valence electrons. The van der Waals surface area contributed by atoms with E-state index >= 15 is 0 Å². The van der Waals surface area contributed by atoms with Crippen LogP contribution in [0.2, 0.25) is 0 Å². The second-order valence-electron chi connectivity index (χ2n) is 8.07. The summed E-state index contributed by atoms with van der Waals surface area (Å²) < 4.78 is 10.5. The van der Waals surface area contributed by atoms with Crippen LogP contribution in [0.15, 0.2) is 33.3 Å². The Morgan fingerprint density at radius 2 is 2.00 bits per heavy atom. The van der Waals surface area contributed by atoms with Crippen LogP contribution >= 0.6 is 0 Å². The average molecular weight is 407 g/mol. The number of nitrogens with one attached hydrogen (secondary N) is 2. The van der Waals surface area contributed by atoms with Gasteiger partial charge in [0, 0.05) is 24.0 Å². The average Bonchev–Trinajstić information content (AvgIpc) is 3.54. The van der Waals surface area contributed by atoms with Gasteiger partial charge in [0.25, 0.3) is 0 Å². The summed E-state index contributed by atoms with van der Waals surface area (Å²) in [7, 11) is 0. The molecular formula is C22H25N5O3. The molecule has 1 fully saturated rings. The molecule has 0 saturated heterocycles. The molecule has 2 aliphatic carbocycles. The predicted octanol–water partition coefficient (Wildman–Crippen LogP) is 4.75. The maximum absolute atomic E-state index is 12.5. The molecule has 1 aromatic carbocycles. The summed E-state index contributed by atoms with van der Waals surface area (Å²) in [6.07, 6.45) is 7.20. The number of aryl methyl sites for hydroxylation is 2. The van der Waals surface area contributed by atoms with Crippen LogP contribution in [0, 0.1) is 0 Å². The number of benzene rings is 1. The number of carbonyl (C=O) groups is 1. The van der Waals surface area contributed by atoms with Crippen LogP contribution < -0.4 is 10.6 Å². The van der Waals surface area contributed by atoms with E-state index in [-0.39, 0.29) is 12.1 Å². The van der Waals surface area contributed by atoms with Crippen molar-refractivity contribution in [3.05, 3.63) is 47.0 Å². The second-order valence-corrected chi connectivity index (χ2v) is 8.07. The van der Waals surface area contributed by atoms with E-state index in [1.54, 1.807) is 0 Å². The highest BCUT2D eigenvalue weighted by atomic mass is 16.5. The maximum Gasteiger partial charge on any atom is 0.322 e. The Morgan fingerprint density at radius 1 is 1.13 bits per heavy atom. The fraction of sp³-hybridized carbons (Fsp3) is 0.455. The maximum atomic E-state index is 12.5. The van der Waals surface area contributed by atoms with Crippen LogP contribution in [-0.4, -0.2) is 21.3 Å². The summed E-state index contributed by atoms with van der Waals surface area (Å²) in [6, 6.07) is 7.63. The molecule has 0 spiro atoms. The number of hydrogen-bond donors (Lipinski definition) is 2. The van der Waals surface area contributed by atoms with Crippen molar-refractivity contribution in [2.45, 2.75) is 63.8 Å². The molecule has 8 heteroatoms. The summed E-state index contributed by atoms with van der Waals surface area (Å²) in [4.78, 5) is 16.9. The third kappa shape index (κ3) is 3.69. The molecule has 30 heavy (non-hydrogen) atoms. The second kappa shape index (κ2) is 7.93. The number of aromatic nitrogens is 3. The van der Waals surface area contributed by atoms with Gasteiger partial charge in [0.1, 0.15) is 0 Å². The predicted molar refractivity (Wildman–Crippen MR) is 110 cm³/mol. The van der Waals surface area contributed by atoms with Gasteiger partial charge in [-0.2, -0.15) is 4.98 Å². The van der Waals surface area contributed by atoms with E-state index in [1.165, 1.54) is 18.4 Å². The van der Waals surface area contributed by atoms with E-state index < -0.39 is 0 Å². The van der Waals surface area contributed by atoms with E-state index in [4.69, 9.17) is 9.05 Å². The fourth-order valence-electron chi connectivity index (χ4n) is 4.49. The molecular weight excluding hydrogens is 382 g/mol. The quantitative estimate of drug-likeness (QED) is 0.632. The van der Waals surface area contributed by atoms with Crippen LogP contribution in [0.5, 0.6) is 0 Å². The minimum absolute atomic E-state index is 0.0391. The molecule has 2 aliphatic rings. The van der Waals surface area contributed by atoms with Crippen molar-refractivity contribution in [3.63, 3.8) is 0 Å². The molecule has 0 radical (unpaired) electrons. The molecule has 3 aromatic rings. The molecule has 8 nitrogen and oxygen atoms in total. The lowest BCUT2D eigenvalue weighted by molar-refractivity contribution is 0.247. The molecule has 0 aliphatic heterocycles. The number of rotatable bonds is 5. The molecule has 2 amide bonds. The summed E-state index contributed by atoms with van der Waals surface area (Å²) in [5, 5.41) is 14.0. The monoisotopic (exact) mass is 407 g/mol. The largest absolute Gasteiger partial charge is 0.339 e. The summed E-state index contributed by atoms with van der Waals surface area (Å²) in [6.45, 7) is 1.98. The van der Waals surface area contributed by atoms with Gasteiger partial charge in [-0.05, 0) is 42.9 Å². The molecule has 0 unspecified atom stereocenters. The van der Waals surface area contributed by atoms with Gasteiger partial charge < -0.3 is 14.4 Å². The highest BCUT2D eigenvalue weighted by molar-refractivity contribution is 5.88. The van der Waals surface area contributed by atoms with Gasteiger partial charge in [-0.25, -0.2) is 4.79 Å². The van der Waals surface area contributed by atoms with Crippen molar-refractivity contribution < 1.29 is 13.8 Å². The van der Waals surface area contributed by atoms with E-state index in [2.05, 4.69) is 32.0 Å². The number of hydrogen-bond acceptors (Lipinski definition) is 6. The van der Waals surface area contributed by atoms with Crippen molar-refractivity contribution in [2.75, 3.05) is 5.32 Å². The SMILES string of the molecule is CCc1nc(-c2ccc3c(c2)CC[C@H]3NC(=O)Nc2cc(C3CCCC3)no2)no1. The van der Waals surface area contributed by atoms with Crippen molar-refractivity contribution in [1.29, 1.82) is 0 Å². The zero-order chi connectivity index (χ0) is 20.5. The number of fused-ring (bicyclic) bond motifs is 1. The Balaban J connectivity index is 1.23. The number of anilines is 1. The van der Waals surface area contributed by atoms with Crippen LogP contribution in [0.1, 0.15) is 73.7 Å². The first-order valence-electron chi connectivity index (χ1n) is 10.7. The highest BCUT2D eigenvalue weighted by Crippen LogP contribution is 2.35. The molecule has 1 atom stereocenters. The zero-order valence-corrected chi connectivity index (χ0v) is 17.0. The summed E-state index contributed by atoms with van der Waals surface area (Å²) in [5.41, 5.74) is 4.19. The molecule has 2 heterocycles. The van der Waals surface area contributed by atoms with Gasteiger partial charge in [0.2, 0.25) is 17.6 Å². The first-order chi connectivity index (χ1) is 14.7. The van der Waals surface area contributed by atoms with Crippen LogP contribution in [0.25, 0.3) is 11.4 Å². The van der Waals surface area contributed by atoms with Gasteiger partial charge in [0.15, 0.2) is 0 Å². The van der Waals surface area contributed by atoms with Crippen molar-refractivity contribution in [1.82, 2.24) is 20.6 Å². The lowest BCUT2D eigenvalue weighted by Gasteiger charge is -2.14. The van der Waals surface area contributed by atoms with Gasteiger partial charge in [0.05, 0.1) is 11.7 Å². The molecule has 2 N–H and O–H groups in total. The van der Waals surface area contributed by atoms with E-state index in [0.717, 1.165) is 42.5 Å². The van der Waals surface area contributed by atoms with Crippen LogP contribution in [0.4, 0.5) is 10.7 Å². The van der Waals surface area contributed by atoms with Crippen molar-refractivity contribution in [3.8, 4) is 11.4 Å². The Hall–Kier alpha value is -3.16. The highest BCUT2D eigenvalue weighted by Gasteiger charge is 2.26. The smallest absolute Gasteiger partial charge is 0.322 e. The molecule has 5 rings (SSSR count). The van der Waals surface area contributed by atoms with Crippen molar-refractivity contribution in [2.24, 2.45) is 0 Å². The topological polar surface area (TPSA) is 106 Å². The number of nitrogens with zero attached hydrogens (tertiary/aromatic N) is 3. The third-order valence-corrected chi connectivity index (χ3v) is 6.09. The first-order valence-corrected chi connectivity index (χ1v) is 10.7. The number of carbonyl (C=O) groups excluding carboxylic acids is 1. The Bertz CT molecular complexity index is 1050. The van der Waals surface area contributed by atoms with Crippen LogP contribution in [-0.2, 0) is 12.8 Å². The standard InChI is InChI=1S/C22H25N5O3/c1-2-19-24-21(27-29-19)15-7-9-16-14(11-15)8-10-17(16)23-22(28)25-20-12-18(26-30-20)13-5-3-4-6-13/h7,9,11-13,17H,2-6,8,10H2,1H3,(H2,23,25,28)/t17-/m1/s1. The Kier molecular flexibility index (Phi) is 4.98. The zero-order valence-electron chi connectivity index (χ0n) is 17.0. The first kappa shape index (κ1) is 18.8. The Labute approximate surface area is 174 Å². The number of amides is 2. The van der Waals surface area contributed by atoms with Gasteiger partial charge in [-0.1, -0.05) is 42.2 Å². The Morgan fingerprint density at radius 3 is 2.80 bits per heavy atom. The van der Waals surface area contributed by atoms with E-state index in [9.17, 15) is 4.79 Å². The minimum atomic E-state index is -0.281. The van der Waals surface area contributed by atoms with E-state index in [1.807, 2.05) is 25.1 Å². The lowest BCUT2D eigenvalue weighted by atomic mass is 10.0. The minimum Gasteiger partial charge on any atom is -0.339 e. The van der Waals surface area contributed by atoms with E-state index in [0.29, 0.717) is 29.9 Å². The normalized spacial score (nSPS) is 18.5. The van der Waals surface area contributed by atoms with Gasteiger partial charge in [-0.3, -0.25) is 5.32 Å². The van der Waals surface area contributed by atoms with Crippen molar-refractivity contribution >= 4 is 11.9 Å². The third-order valence-electron chi connectivity index (χ3n) is 6.09. The lowest BCUT2D eigenvalue weighted by Crippen LogP contribution is -2.31. The summed E-state index contributed by atoms with van der Waals surface area (Å²) in [5.74, 6) is 2.08. The molecule has 2 aromatic heterocycles. The number of urea groups is 1. The van der Waals surface area contributed by atoms with Gasteiger partial charge >= 0.3 is 6.03 Å². The molecule has 0 bridgehead atoms. The summed E-state index contributed by atoms with van der Waals surface area (Å²) >= 11 is 0. The molecule has 1 saturated carbocycles. The fourth-order valence-corrected chi connectivity index (χ4v) is 4.49.